The van der Waals surface area contributed by atoms with Crippen molar-refractivity contribution in [2.45, 2.75) is 0 Å². The van der Waals surface area contributed by atoms with Crippen LogP contribution < -0.4 is 15.5 Å². The number of anilines is 2. The molecule has 0 aromatic heterocycles. The summed E-state index contributed by atoms with van der Waals surface area (Å²) in [4.78, 5) is 13.3. The van der Waals surface area contributed by atoms with Gasteiger partial charge >= 0.3 is 6.03 Å². The second-order valence-corrected chi connectivity index (χ2v) is 3.89. The summed E-state index contributed by atoms with van der Waals surface area (Å²) in [6.45, 7) is 0.459. The smallest absolute Gasteiger partial charge is 0.319 e. The Labute approximate surface area is 101 Å². The predicted molar refractivity (Wildman–Crippen MR) is 68.5 cm³/mol. The molecule has 4 nitrogen and oxygen atoms in total. The van der Waals surface area contributed by atoms with E-state index in [1.165, 1.54) is 0 Å². The zero-order valence-corrected chi connectivity index (χ0v) is 10.2. The van der Waals surface area contributed by atoms with Crippen LogP contribution in [-0.2, 0) is 0 Å². The average Bonchev–Trinajstić information content (AvgIpc) is 2.26. The van der Waals surface area contributed by atoms with Crippen LogP contribution in [-0.4, -0.2) is 32.6 Å². The van der Waals surface area contributed by atoms with E-state index in [4.69, 9.17) is 11.6 Å². The highest BCUT2D eigenvalue weighted by Crippen LogP contribution is 2.16. The molecule has 0 saturated carbocycles. The summed E-state index contributed by atoms with van der Waals surface area (Å²) in [7, 11) is 3.90. The van der Waals surface area contributed by atoms with E-state index in [0.717, 1.165) is 11.4 Å². The molecule has 0 unspecified atom stereocenters. The lowest BCUT2D eigenvalue weighted by Crippen LogP contribution is -2.30. The summed E-state index contributed by atoms with van der Waals surface area (Å²) in [6, 6.07) is 7.37. The van der Waals surface area contributed by atoms with Crippen molar-refractivity contribution in [1.82, 2.24) is 5.32 Å². The van der Waals surface area contributed by atoms with Gasteiger partial charge in [-0.25, -0.2) is 4.79 Å². The second-order valence-electron chi connectivity index (χ2n) is 3.51. The van der Waals surface area contributed by atoms with Crippen molar-refractivity contribution in [1.29, 1.82) is 0 Å². The number of halogens is 1. The van der Waals surface area contributed by atoms with Crippen LogP contribution in [0.5, 0.6) is 0 Å². The van der Waals surface area contributed by atoms with Crippen LogP contribution >= 0.6 is 11.6 Å². The monoisotopic (exact) mass is 241 g/mol. The fraction of sp³-hybridized carbons (Fsp3) is 0.364. The maximum absolute atomic E-state index is 11.4. The van der Waals surface area contributed by atoms with Crippen LogP contribution in [0, 0.1) is 0 Å². The Kier molecular flexibility index (Phi) is 4.92. The Balaban J connectivity index is 2.59. The number of amides is 2. The highest BCUT2D eigenvalue weighted by atomic mass is 35.5. The van der Waals surface area contributed by atoms with Gasteiger partial charge in [0.05, 0.1) is 0 Å². The summed E-state index contributed by atoms with van der Waals surface area (Å²) in [6.07, 6.45) is 0. The van der Waals surface area contributed by atoms with E-state index >= 15 is 0 Å². The topological polar surface area (TPSA) is 44.4 Å². The molecule has 2 N–H and O–H groups in total. The number of nitrogens with zero attached hydrogens (tertiary/aromatic N) is 1. The number of nitrogens with one attached hydrogen (secondary N) is 2. The van der Waals surface area contributed by atoms with Crippen molar-refractivity contribution < 1.29 is 4.79 Å². The van der Waals surface area contributed by atoms with Gasteiger partial charge in [-0.3, -0.25) is 0 Å². The van der Waals surface area contributed by atoms with Gasteiger partial charge in [0.2, 0.25) is 0 Å². The number of carbonyl (C=O) groups excluding carboxylic acids is 1. The van der Waals surface area contributed by atoms with E-state index in [2.05, 4.69) is 10.6 Å². The molecule has 0 heterocycles. The first-order chi connectivity index (χ1) is 7.63. The van der Waals surface area contributed by atoms with Crippen molar-refractivity contribution in [3.8, 4) is 0 Å². The summed E-state index contributed by atoms with van der Waals surface area (Å²) in [5.41, 5.74) is 1.80. The third-order valence-corrected chi connectivity index (χ3v) is 2.19. The van der Waals surface area contributed by atoms with E-state index in [9.17, 15) is 4.79 Å². The Hall–Kier alpha value is -1.42. The maximum Gasteiger partial charge on any atom is 0.319 e. The molecule has 0 saturated heterocycles. The van der Waals surface area contributed by atoms with E-state index < -0.39 is 0 Å². The standard InChI is InChI=1S/C11H16ClN3O/c1-15(2)10-5-3-4-9(8-10)14-11(16)13-7-6-12/h3-5,8H,6-7H2,1-2H3,(H2,13,14,16). The Morgan fingerprint density at radius 2 is 2.19 bits per heavy atom. The maximum atomic E-state index is 11.4. The van der Waals surface area contributed by atoms with Crippen molar-refractivity contribution in [2.75, 3.05) is 36.7 Å². The number of hydrogen-bond acceptors (Lipinski definition) is 2. The van der Waals surface area contributed by atoms with Crippen LogP contribution in [0.15, 0.2) is 24.3 Å². The minimum Gasteiger partial charge on any atom is -0.378 e. The third kappa shape index (κ3) is 3.98. The summed E-state index contributed by atoms with van der Waals surface area (Å²) < 4.78 is 0. The Bertz CT molecular complexity index is 355. The predicted octanol–water partition coefficient (Wildman–Crippen LogP) is 2.11. The van der Waals surface area contributed by atoms with Gasteiger partial charge in [0, 0.05) is 37.9 Å². The minimum absolute atomic E-state index is 0.239. The summed E-state index contributed by atoms with van der Waals surface area (Å²) in [5, 5.41) is 5.37. The minimum atomic E-state index is -0.239. The lowest BCUT2D eigenvalue weighted by molar-refractivity contribution is 0.252. The van der Waals surface area contributed by atoms with Crippen LogP contribution in [0.25, 0.3) is 0 Å². The average molecular weight is 242 g/mol. The first-order valence-corrected chi connectivity index (χ1v) is 5.55. The molecule has 0 aliphatic heterocycles. The van der Waals surface area contributed by atoms with Crippen molar-refractivity contribution in [3.05, 3.63) is 24.3 Å². The summed E-state index contributed by atoms with van der Waals surface area (Å²) in [5.74, 6) is 0.408. The van der Waals surface area contributed by atoms with Gasteiger partial charge in [-0.15, -0.1) is 11.6 Å². The molecule has 0 spiro atoms. The fourth-order valence-corrected chi connectivity index (χ4v) is 1.29. The summed E-state index contributed by atoms with van der Waals surface area (Å²) >= 11 is 5.47. The van der Waals surface area contributed by atoms with E-state index in [-0.39, 0.29) is 6.03 Å². The van der Waals surface area contributed by atoms with E-state index in [1.54, 1.807) is 0 Å². The number of urea groups is 1. The van der Waals surface area contributed by atoms with Crippen LogP contribution in [0.4, 0.5) is 16.2 Å². The molecule has 5 heteroatoms. The number of hydrogen-bond donors (Lipinski definition) is 2. The molecule has 1 aromatic rings. The van der Waals surface area contributed by atoms with Gasteiger partial charge < -0.3 is 15.5 Å². The van der Waals surface area contributed by atoms with Gasteiger partial charge in [-0.05, 0) is 18.2 Å². The first-order valence-electron chi connectivity index (χ1n) is 5.01. The third-order valence-electron chi connectivity index (χ3n) is 2.00. The molecule has 1 rings (SSSR count). The van der Waals surface area contributed by atoms with Crippen LogP contribution in [0.3, 0.4) is 0 Å². The molecule has 0 atom stereocenters. The van der Waals surface area contributed by atoms with Gasteiger partial charge in [0.15, 0.2) is 0 Å². The Morgan fingerprint density at radius 1 is 1.44 bits per heavy atom. The normalized spacial score (nSPS) is 9.69. The molecule has 0 aliphatic carbocycles. The highest BCUT2D eigenvalue weighted by Gasteiger charge is 2.01. The zero-order valence-electron chi connectivity index (χ0n) is 9.46. The zero-order chi connectivity index (χ0) is 12.0. The van der Waals surface area contributed by atoms with Gasteiger partial charge in [-0.2, -0.15) is 0 Å². The SMILES string of the molecule is CN(C)c1cccc(NC(=O)NCCCl)c1. The van der Waals surface area contributed by atoms with Crippen molar-refractivity contribution in [2.24, 2.45) is 0 Å². The van der Waals surface area contributed by atoms with Crippen molar-refractivity contribution in [3.63, 3.8) is 0 Å². The number of alkyl halides is 1. The quantitative estimate of drug-likeness (QED) is 0.793. The van der Waals surface area contributed by atoms with E-state index in [0.29, 0.717) is 12.4 Å². The van der Waals surface area contributed by atoms with Gasteiger partial charge in [0.1, 0.15) is 0 Å². The van der Waals surface area contributed by atoms with Crippen LogP contribution in [0.1, 0.15) is 0 Å². The Morgan fingerprint density at radius 3 is 2.81 bits per heavy atom. The molecule has 0 bridgehead atoms. The largest absolute Gasteiger partial charge is 0.378 e. The molecule has 1 aromatic carbocycles. The number of rotatable bonds is 4. The molecule has 0 radical (unpaired) electrons. The van der Waals surface area contributed by atoms with E-state index in [1.807, 2.05) is 43.3 Å². The molecule has 0 fully saturated rings. The first kappa shape index (κ1) is 12.6. The van der Waals surface area contributed by atoms with Gasteiger partial charge in [-0.1, -0.05) is 6.07 Å². The second kappa shape index (κ2) is 6.23. The lowest BCUT2D eigenvalue weighted by atomic mass is 10.2. The van der Waals surface area contributed by atoms with Gasteiger partial charge in [0.25, 0.3) is 0 Å². The van der Waals surface area contributed by atoms with Crippen molar-refractivity contribution >= 4 is 29.0 Å². The molecule has 2 amide bonds. The molecule has 88 valence electrons. The highest BCUT2D eigenvalue weighted by molar-refractivity contribution is 6.18. The number of benzene rings is 1. The molecule has 16 heavy (non-hydrogen) atoms. The molecular formula is C11H16ClN3O. The van der Waals surface area contributed by atoms with Crippen LogP contribution in [0.2, 0.25) is 0 Å². The lowest BCUT2D eigenvalue weighted by Gasteiger charge is -2.14. The molecule has 0 aliphatic rings. The fourth-order valence-electron chi connectivity index (χ4n) is 1.20. The molecular weight excluding hydrogens is 226 g/mol. The number of carbonyl (C=O) groups is 1.